The third-order valence-electron chi connectivity index (χ3n) is 3.01. The van der Waals surface area contributed by atoms with E-state index in [4.69, 9.17) is 0 Å². The van der Waals surface area contributed by atoms with Crippen LogP contribution in [0.5, 0.6) is 0 Å². The second-order valence-corrected chi connectivity index (χ2v) is 4.03. The molecule has 4 heteroatoms. The zero-order valence-corrected chi connectivity index (χ0v) is 8.55. The van der Waals surface area contributed by atoms with E-state index in [2.05, 4.69) is 15.0 Å². The molecule has 0 aromatic carbocycles. The van der Waals surface area contributed by atoms with Gasteiger partial charge in [-0.25, -0.2) is 4.79 Å². The molecular weight excluding hydrogens is 202 g/mol. The van der Waals surface area contributed by atoms with Crippen LogP contribution in [0.1, 0.15) is 18.4 Å². The molecule has 2 aromatic heterocycles. The molecule has 0 amide bonds. The van der Waals surface area contributed by atoms with Crippen molar-refractivity contribution in [3.05, 3.63) is 36.3 Å². The van der Waals surface area contributed by atoms with Gasteiger partial charge in [-0.3, -0.25) is 9.97 Å². The van der Waals surface area contributed by atoms with Gasteiger partial charge in [0.1, 0.15) is 0 Å². The molecule has 1 aliphatic carbocycles. The van der Waals surface area contributed by atoms with Gasteiger partial charge in [0, 0.05) is 17.8 Å². The van der Waals surface area contributed by atoms with Crippen LogP contribution in [-0.4, -0.2) is 16.0 Å². The largest absolute Gasteiger partial charge is 0.262 e. The summed E-state index contributed by atoms with van der Waals surface area (Å²) in [4.78, 5) is 22.6. The van der Waals surface area contributed by atoms with Crippen LogP contribution in [0.4, 0.5) is 0 Å². The third kappa shape index (κ3) is 1.32. The van der Waals surface area contributed by atoms with Crippen LogP contribution in [-0.2, 0) is 10.3 Å². The summed E-state index contributed by atoms with van der Waals surface area (Å²) in [7, 11) is 0. The maximum absolute atomic E-state index is 10.4. The molecule has 1 fully saturated rings. The number of carbonyl (C=O) groups excluding carboxylic acids is 1. The molecule has 0 aliphatic heterocycles. The van der Waals surface area contributed by atoms with E-state index >= 15 is 0 Å². The molecule has 0 bridgehead atoms. The molecule has 1 aliphatic rings. The normalized spacial score (nSPS) is 16.8. The highest BCUT2D eigenvalue weighted by atomic mass is 16.1. The molecule has 1 saturated carbocycles. The quantitative estimate of drug-likeness (QED) is 0.563. The molecule has 0 N–H and O–H groups in total. The minimum absolute atomic E-state index is 0.341. The van der Waals surface area contributed by atoms with E-state index in [-0.39, 0.29) is 5.54 Å². The van der Waals surface area contributed by atoms with Crippen molar-refractivity contribution in [2.45, 2.75) is 18.4 Å². The van der Waals surface area contributed by atoms with Gasteiger partial charge in [-0.1, -0.05) is 0 Å². The van der Waals surface area contributed by atoms with Gasteiger partial charge in [0.05, 0.1) is 17.3 Å². The lowest BCUT2D eigenvalue weighted by Gasteiger charge is -2.07. The topological polar surface area (TPSA) is 55.2 Å². The summed E-state index contributed by atoms with van der Waals surface area (Å²) in [5.41, 5.74) is 1.51. The lowest BCUT2D eigenvalue weighted by molar-refractivity contribution is 0.556. The van der Waals surface area contributed by atoms with Crippen LogP contribution >= 0.6 is 0 Å². The first-order chi connectivity index (χ1) is 7.84. The van der Waals surface area contributed by atoms with Gasteiger partial charge >= 0.3 is 0 Å². The predicted molar refractivity (Wildman–Crippen MR) is 58.6 cm³/mol. The van der Waals surface area contributed by atoms with Crippen LogP contribution < -0.4 is 0 Å². The van der Waals surface area contributed by atoms with Crippen LogP contribution in [0.15, 0.2) is 35.7 Å². The van der Waals surface area contributed by atoms with E-state index in [1.165, 1.54) is 0 Å². The molecule has 0 saturated heterocycles. The first-order valence-corrected chi connectivity index (χ1v) is 5.13. The molecule has 4 nitrogen and oxygen atoms in total. The number of isocyanates is 1. The molecule has 0 spiro atoms. The highest BCUT2D eigenvalue weighted by molar-refractivity contribution is 5.78. The molecule has 16 heavy (non-hydrogen) atoms. The second kappa shape index (κ2) is 3.22. The Hall–Kier alpha value is -2.06. The van der Waals surface area contributed by atoms with Crippen molar-refractivity contribution in [2.75, 3.05) is 0 Å². The Balaban J connectivity index is 2.15. The van der Waals surface area contributed by atoms with E-state index in [1.54, 1.807) is 24.7 Å². The Kier molecular flexibility index (Phi) is 1.85. The minimum atomic E-state index is -0.341. The van der Waals surface area contributed by atoms with Crippen LogP contribution in [0.25, 0.3) is 10.9 Å². The molecule has 3 rings (SSSR count). The summed E-state index contributed by atoms with van der Waals surface area (Å²) in [6, 6.07) is 3.93. The van der Waals surface area contributed by atoms with Crippen molar-refractivity contribution in [2.24, 2.45) is 4.99 Å². The van der Waals surface area contributed by atoms with Crippen molar-refractivity contribution in [1.29, 1.82) is 0 Å². The Bertz CT molecular complexity index is 598. The van der Waals surface area contributed by atoms with Crippen LogP contribution in [0, 0.1) is 0 Å². The monoisotopic (exact) mass is 211 g/mol. The number of fused-ring (bicyclic) bond motifs is 1. The number of hydrogen-bond acceptors (Lipinski definition) is 4. The Morgan fingerprint density at radius 3 is 3.00 bits per heavy atom. The SMILES string of the molecule is O=C=NC1(c2cnc3cnccc3c2)CC1. The van der Waals surface area contributed by atoms with E-state index in [1.807, 2.05) is 12.1 Å². The van der Waals surface area contributed by atoms with Gasteiger partial charge in [-0.2, -0.15) is 4.99 Å². The fourth-order valence-electron chi connectivity index (χ4n) is 1.90. The lowest BCUT2D eigenvalue weighted by atomic mass is 10.1. The number of nitrogens with zero attached hydrogens (tertiary/aromatic N) is 3. The Morgan fingerprint density at radius 2 is 2.25 bits per heavy atom. The first kappa shape index (κ1) is 9.19. The molecule has 0 atom stereocenters. The molecule has 0 unspecified atom stereocenters. The van der Waals surface area contributed by atoms with E-state index in [9.17, 15) is 4.79 Å². The van der Waals surface area contributed by atoms with Crippen molar-refractivity contribution < 1.29 is 4.79 Å². The average Bonchev–Trinajstić information content (AvgIpc) is 3.10. The smallest absolute Gasteiger partial charge is 0.235 e. The first-order valence-electron chi connectivity index (χ1n) is 5.13. The fourth-order valence-corrected chi connectivity index (χ4v) is 1.90. The highest BCUT2D eigenvalue weighted by Gasteiger charge is 2.45. The van der Waals surface area contributed by atoms with E-state index in [0.29, 0.717) is 0 Å². The van der Waals surface area contributed by atoms with Crippen LogP contribution in [0.3, 0.4) is 0 Å². The van der Waals surface area contributed by atoms with Gasteiger partial charge in [0.15, 0.2) is 0 Å². The Labute approximate surface area is 92.1 Å². The summed E-state index contributed by atoms with van der Waals surface area (Å²) in [6.07, 6.45) is 8.69. The van der Waals surface area contributed by atoms with Crippen molar-refractivity contribution in [3.8, 4) is 0 Å². The zero-order chi connectivity index (χ0) is 11.0. The molecule has 2 heterocycles. The summed E-state index contributed by atoms with van der Waals surface area (Å²) >= 11 is 0. The van der Waals surface area contributed by atoms with Crippen LogP contribution in [0.2, 0.25) is 0 Å². The van der Waals surface area contributed by atoms with Crippen molar-refractivity contribution in [1.82, 2.24) is 9.97 Å². The predicted octanol–water partition coefficient (Wildman–Crippen LogP) is 1.95. The number of aromatic nitrogens is 2. The van der Waals surface area contributed by atoms with Gasteiger partial charge in [-0.05, 0) is 30.5 Å². The molecule has 2 aromatic rings. The zero-order valence-electron chi connectivity index (χ0n) is 8.55. The summed E-state index contributed by atoms with van der Waals surface area (Å²) in [5.74, 6) is 0. The number of rotatable bonds is 2. The number of aliphatic imine (C=N–C) groups is 1. The Morgan fingerprint density at radius 1 is 1.38 bits per heavy atom. The van der Waals surface area contributed by atoms with E-state index in [0.717, 1.165) is 29.3 Å². The molecule has 78 valence electrons. The minimum Gasteiger partial charge on any atom is -0.262 e. The van der Waals surface area contributed by atoms with Crippen molar-refractivity contribution >= 4 is 17.0 Å². The highest BCUT2D eigenvalue weighted by Crippen LogP contribution is 2.49. The lowest BCUT2D eigenvalue weighted by Crippen LogP contribution is -2.02. The molecular formula is C12H9N3O. The maximum atomic E-state index is 10.4. The van der Waals surface area contributed by atoms with E-state index < -0.39 is 0 Å². The third-order valence-corrected chi connectivity index (χ3v) is 3.01. The molecule has 0 radical (unpaired) electrons. The van der Waals surface area contributed by atoms with Crippen molar-refractivity contribution in [3.63, 3.8) is 0 Å². The fraction of sp³-hybridized carbons (Fsp3) is 0.250. The standard InChI is InChI=1S/C12H9N3O/c16-8-15-12(2-3-12)10-5-9-1-4-13-7-11(9)14-6-10/h1,4-7H,2-3H2. The maximum Gasteiger partial charge on any atom is 0.235 e. The summed E-state index contributed by atoms with van der Waals surface area (Å²) in [5, 5.41) is 1.03. The van der Waals surface area contributed by atoms with Gasteiger partial charge < -0.3 is 0 Å². The number of hydrogen-bond donors (Lipinski definition) is 0. The van der Waals surface area contributed by atoms with Gasteiger partial charge in [0.2, 0.25) is 6.08 Å². The number of pyridine rings is 2. The summed E-state index contributed by atoms with van der Waals surface area (Å²) in [6.45, 7) is 0. The summed E-state index contributed by atoms with van der Waals surface area (Å²) < 4.78 is 0. The second-order valence-electron chi connectivity index (χ2n) is 4.03. The van der Waals surface area contributed by atoms with Gasteiger partial charge in [0.25, 0.3) is 0 Å². The van der Waals surface area contributed by atoms with Gasteiger partial charge in [-0.15, -0.1) is 0 Å². The average molecular weight is 211 g/mol.